The summed E-state index contributed by atoms with van der Waals surface area (Å²) >= 11 is 12.3. The van der Waals surface area contributed by atoms with Gasteiger partial charge in [0.25, 0.3) is 0 Å². The molecule has 2 aromatic rings. The van der Waals surface area contributed by atoms with Crippen LogP contribution >= 0.6 is 23.2 Å². The molecule has 2 atom stereocenters. The van der Waals surface area contributed by atoms with E-state index >= 15 is 0 Å². The van der Waals surface area contributed by atoms with Gasteiger partial charge in [-0.15, -0.1) is 0 Å². The van der Waals surface area contributed by atoms with Crippen LogP contribution in [0, 0.1) is 12.8 Å². The molecule has 19 heavy (non-hydrogen) atoms. The minimum Gasteiger partial charge on any atom is -0.312 e. The maximum atomic E-state index is 10.9. The van der Waals surface area contributed by atoms with Crippen LogP contribution in [-0.2, 0) is 4.79 Å². The zero-order valence-corrected chi connectivity index (χ0v) is 11.9. The molecule has 1 aliphatic carbocycles. The van der Waals surface area contributed by atoms with E-state index in [1.165, 1.54) is 0 Å². The van der Waals surface area contributed by atoms with Gasteiger partial charge in [0.15, 0.2) is 5.65 Å². The maximum absolute atomic E-state index is 10.9. The van der Waals surface area contributed by atoms with E-state index in [1.54, 1.807) is 6.33 Å². The van der Waals surface area contributed by atoms with Gasteiger partial charge < -0.3 is 9.36 Å². The first-order chi connectivity index (χ1) is 9.11. The number of imidazole rings is 1. The molecule has 0 aromatic carbocycles. The van der Waals surface area contributed by atoms with Gasteiger partial charge >= 0.3 is 0 Å². The molecule has 0 spiro atoms. The molecule has 1 fully saturated rings. The average molecular weight is 298 g/mol. The average Bonchev–Trinajstić information content (AvgIpc) is 3.01. The molecule has 4 nitrogen and oxygen atoms in total. The smallest absolute Gasteiger partial charge is 0.163 e. The van der Waals surface area contributed by atoms with Crippen molar-refractivity contribution in [2.45, 2.75) is 32.2 Å². The van der Waals surface area contributed by atoms with Gasteiger partial charge in [0.2, 0.25) is 0 Å². The van der Waals surface area contributed by atoms with Crippen LogP contribution in [0.2, 0.25) is 10.2 Å². The molecule has 0 amide bonds. The number of hydrogen-bond donors (Lipinski definition) is 0. The van der Waals surface area contributed by atoms with Crippen LogP contribution in [-0.4, -0.2) is 20.8 Å². The molecule has 1 aliphatic rings. The minimum absolute atomic E-state index is 0.138. The summed E-state index contributed by atoms with van der Waals surface area (Å²) in [4.78, 5) is 19.6. The van der Waals surface area contributed by atoms with E-state index in [2.05, 4.69) is 9.97 Å². The van der Waals surface area contributed by atoms with Gasteiger partial charge in [0.05, 0.1) is 11.3 Å². The highest BCUT2D eigenvalue weighted by Gasteiger charge is 2.27. The molecule has 0 saturated heterocycles. The van der Waals surface area contributed by atoms with Crippen molar-refractivity contribution in [3.8, 4) is 0 Å². The second-order valence-electron chi connectivity index (χ2n) is 5.03. The van der Waals surface area contributed by atoms with E-state index in [4.69, 9.17) is 23.2 Å². The molecule has 0 bridgehead atoms. The SMILES string of the molecule is Cc1c(Cl)nc2c(ncn2C2CCC(C=O)C2)c1Cl. The second-order valence-corrected chi connectivity index (χ2v) is 5.76. The molecule has 0 N–H and O–H groups in total. The molecule has 0 radical (unpaired) electrons. The summed E-state index contributed by atoms with van der Waals surface area (Å²) in [6, 6.07) is 0.252. The Labute approximate surface area is 120 Å². The summed E-state index contributed by atoms with van der Waals surface area (Å²) in [6.07, 6.45) is 5.49. The molecule has 2 heterocycles. The van der Waals surface area contributed by atoms with Gasteiger partial charge in [0.1, 0.15) is 17.0 Å². The minimum atomic E-state index is 0.138. The third kappa shape index (κ3) is 2.03. The lowest BCUT2D eigenvalue weighted by atomic mass is 10.1. The number of pyridine rings is 1. The lowest BCUT2D eigenvalue weighted by molar-refractivity contribution is -0.110. The first-order valence-corrected chi connectivity index (χ1v) is 7.00. The second kappa shape index (κ2) is 4.76. The van der Waals surface area contributed by atoms with Crippen LogP contribution in [0.25, 0.3) is 11.2 Å². The Kier molecular flexibility index (Phi) is 3.23. The van der Waals surface area contributed by atoms with Crippen LogP contribution in [0.4, 0.5) is 0 Å². The molecular weight excluding hydrogens is 285 g/mol. The van der Waals surface area contributed by atoms with Crippen LogP contribution in [0.3, 0.4) is 0 Å². The summed E-state index contributed by atoms with van der Waals surface area (Å²) in [5.41, 5.74) is 2.13. The van der Waals surface area contributed by atoms with Crippen molar-refractivity contribution in [3.63, 3.8) is 0 Å². The normalized spacial score (nSPS) is 23.1. The monoisotopic (exact) mass is 297 g/mol. The summed E-state index contributed by atoms with van der Waals surface area (Å²) in [7, 11) is 0. The zero-order valence-electron chi connectivity index (χ0n) is 10.4. The van der Waals surface area contributed by atoms with E-state index in [0.717, 1.165) is 31.1 Å². The van der Waals surface area contributed by atoms with Crippen molar-refractivity contribution in [1.29, 1.82) is 0 Å². The van der Waals surface area contributed by atoms with Gasteiger partial charge in [0, 0.05) is 17.5 Å². The van der Waals surface area contributed by atoms with E-state index in [9.17, 15) is 4.79 Å². The van der Waals surface area contributed by atoms with Crippen molar-refractivity contribution < 1.29 is 4.79 Å². The Morgan fingerprint density at radius 1 is 1.42 bits per heavy atom. The van der Waals surface area contributed by atoms with E-state index < -0.39 is 0 Å². The fraction of sp³-hybridized carbons (Fsp3) is 0.462. The zero-order chi connectivity index (χ0) is 13.6. The largest absolute Gasteiger partial charge is 0.312 e. The van der Waals surface area contributed by atoms with E-state index in [0.29, 0.717) is 21.3 Å². The van der Waals surface area contributed by atoms with Crippen LogP contribution < -0.4 is 0 Å². The number of aldehydes is 1. The summed E-state index contributed by atoms with van der Waals surface area (Å²) in [5, 5.41) is 0.961. The Hall–Kier alpha value is -1.13. The Morgan fingerprint density at radius 2 is 2.21 bits per heavy atom. The molecule has 0 aliphatic heterocycles. The molecule has 2 aromatic heterocycles. The van der Waals surface area contributed by atoms with Gasteiger partial charge in [-0.1, -0.05) is 23.2 Å². The predicted molar refractivity (Wildman–Crippen MR) is 74.7 cm³/mol. The highest BCUT2D eigenvalue weighted by Crippen LogP contribution is 2.37. The molecule has 2 unspecified atom stereocenters. The number of carbonyl (C=O) groups excluding carboxylic acids is 1. The molecule has 100 valence electrons. The topological polar surface area (TPSA) is 47.8 Å². The number of rotatable bonds is 2. The van der Waals surface area contributed by atoms with Gasteiger partial charge in [-0.05, 0) is 26.2 Å². The van der Waals surface area contributed by atoms with Gasteiger partial charge in [-0.3, -0.25) is 0 Å². The fourth-order valence-corrected chi connectivity index (χ4v) is 3.15. The summed E-state index contributed by atoms with van der Waals surface area (Å²) < 4.78 is 2.00. The lowest BCUT2D eigenvalue weighted by Crippen LogP contribution is -2.06. The first kappa shape index (κ1) is 12.9. The fourth-order valence-electron chi connectivity index (χ4n) is 2.70. The lowest BCUT2D eigenvalue weighted by Gasteiger charge is -2.12. The first-order valence-electron chi connectivity index (χ1n) is 6.25. The number of carbonyl (C=O) groups is 1. The van der Waals surface area contributed by atoms with E-state index in [1.807, 2.05) is 11.5 Å². The third-order valence-corrected chi connectivity index (χ3v) is 4.68. The molecular formula is C13H13Cl2N3O. The van der Waals surface area contributed by atoms with Crippen molar-refractivity contribution >= 4 is 40.7 Å². The van der Waals surface area contributed by atoms with Crippen molar-refractivity contribution in [2.75, 3.05) is 0 Å². The summed E-state index contributed by atoms with van der Waals surface area (Å²) in [6.45, 7) is 1.83. The maximum Gasteiger partial charge on any atom is 0.163 e. The summed E-state index contributed by atoms with van der Waals surface area (Å²) in [5.74, 6) is 0.138. The molecule has 6 heteroatoms. The highest BCUT2D eigenvalue weighted by atomic mass is 35.5. The third-order valence-electron chi connectivity index (χ3n) is 3.85. The molecule has 1 saturated carbocycles. The van der Waals surface area contributed by atoms with Gasteiger partial charge in [-0.2, -0.15) is 0 Å². The van der Waals surface area contributed by atoms with Crippen molar-refractivity contribution in [3.05, 3.63) is 22.1 Å². The van der Waals surface area contributed by atoms with Crippen LogP contribution in [0.15, 0.2) is 6.33 Å². The van der Waals surface area contributed by atoms with E-state index in [-0.39, 0.29) is 12.0 Å². The Balaban J connectivity index is 2.09. The Bertz CT molecular complexity index is 653. The highest BCUT2D eigenvalue weighted by molar-refractivity contribution is 6.38. The van der Waals surface area contributed by atoms with Crippen LogP contribution in [0.5, 0.6) is 0 Å². The molecule has 3 rings (SSSR count). The number of aromatic nitrogens is 3. The van der Waals surface area contributed by atoms with Gasteiger partial charge in [-0.25, -0.2) is 9.97 Å². The standard InChI is InChI=1S/C13H13Cl2N3O/c1-7-10(14)11-13(17-12(7)15)18(6-16-11)9-3-2-8(4-9)5-19/h5-6,8-9H,2-4H2,1H3. The van der Waals surface area contributed by atoms with Crippen molar-refractivity contribution in [1.82, 2.24) is 14.5 Å². The quantitative estimate of drug-likeness (QED) is 0.629. The Morgan fingerprint density at radius 3 is 2.89 bits per heavy atom. The predicted octanol–water partition coefficient (Wildman–Crippen LogP) is 3.59. The van der Waals surface area contributed by atoms with Crippen LogP contribution in [0.1, 0.15) is 30.9 Å². The number of nitrogens with zero attached hydrogens (tertiary/aromatic N) is 3. The number of hydrogen-bond acceptors (Lipinski definition) is 3. The number of halogens is 2. The van der Waals surface area contributed by atoms with Crippen molar-refractivity contribution in [2.24, 2.45) is 5.92 Å². The number of fused-ring (bicyclic) bond motifs is 1.